The van der Waals surface area contributed by atoms with Crippen molar-refractivity contribution in [2.45, 2.75) is 32.9 Å². The Bertz CT molecular complexity index is 157. The summed E-state index contributed by atoms with van der Waals surface area (Å²) in [4.78, 5) is 0. The van der Waals surface area contributed by atoms with Gasteiger partial charge in [0.25, 0.3) is 0 Å². The maximum Gasteiger partial charge on any atom is 0.391 e. The number of rotatable bonds is 6. The summed E-state index contributed by atoms with van der Waals surface area (Å²) >= 11 is 0. The summed E-state index contributed by atoms with van der Waals surface area (Å²) in [5, 5.41) is 0. The van der Waals surface area contributed by atoms with Crippen LogP contribution in [0.15, 0.2) is 0 Å². The Labute approximate surface area is 82.6 Å². The standard InChI is InChI=1S/C9H18F3NO/c1-8(2,7-13)3-5-14-6-4-9(10,11)12/h3-7,13H2,1-2H3. The third-order valence-electron chi connectivity index (χ3n) is 2.01. The van der Waals surface area contributed by atoms with Crippen LogP contribution in [-0.4, -0.2) is 25.9 Å². The fourth-order valence-electron chi connectivity index (χ4n) is 0.740. The quantitative estimate of drug-likeness (QED) is 0.687. The average Bonchev–Trinajstić information content (AvgIpc) is 2.01. The molecule has 0 aliphatic carbocycles. The normalized spacial score (nSPS) is 13.3. The molecule has 0 unspecified atom stereocenters. The highest BCUT2D eigenvalue weighted by atomic mass is 19.4. The highest BCUT2D eigenvalue weighted by Gasteiger charge is 2.26. The smallest absolute Gasteiger partial charge is 0.381 e. The van der Waals surface area contributed by atoms with Gasteiger partial charge in [-0.3, -0.25) is 0 Å². The van der Waals surface area contributed by atoms with Crippen LogP contribution in [0.25, 0.3) is 0 Å². The molecular weight excluding hydrogens is 195 g/mol. The molecule has 0 amide bonds. The van der Waals surface area contributed by atoms with Crippen molar-refractivity contribution >= 4 is 0 Å². The maximum absolute atomic E-state index is 11.7. The van der Waals surface area contributed by atoms with Crippen molar-refractivity contribution in [3.8, 4) is 0 Å². The molecule has 0 saturated carbocycles. The summed E-state index contributed by atoms with van der Waals surface area (Å²) in [7, 11) is 0. The minimum absolute atomic E-state index is 0.0573. The first-order valence-corrected chi connectivity index (χ1v) is 4.61. The molecule has 0 aromatic heterocycles. The van der Waals surface area contributed by atoms with E-state index in [2.05, 4.69) is 0 Å². The molecule has 5 heteroatoms. The monoisotopic (exact) mass is 213 g/mol. The van der Waals surface area contributed by atoms with E-state index in [0.717, 1.165) is 0 Å². The molecule has 0 spiro atoms. The minimum atomic E-state index is -4.12. The molecule has 0 saturated heterocycles. The van der Waals surface area contributed by atoms with Gasteiger partial charge in [0.1, 0.15) is 0 Å². The van der Waals surface area contributed by atoms with Crippen LogP contribution in [-0.2, 0) is 4.74 Å². The fourth-order valence-corrected chi connectivity index (χ4v) is 0.740. The largest absolute Gasteiger partial charge is 0.391 e. The predicted molar refractivity (Wildman–Crippen MR) is 48.9 cm³/mol. The molecule has 0 aliphatic rings. The van der Waals surface area contributed by atoms with Crippen molar-refractivity contribution in [3.63, 3.8) is 0 Å². The third kappa shape index (κ3) is 8.31. The summed E-state index contributed by atoms with van der Waals surface area (Å²) in [5.74, 6) is 0. The lowest BCUT2D eigenvalue weighted by Crippen LogP contribution is -2.25. The maximum atomic E-state index is 11.7. The molecule has 86 valence electrons. The van der Waals surface area contributed by atoms with Gasteiger partial charge in [-0.1, -0.05) is 13.8 Å². The van der Waals surface area contributed by atoms with E-state index in [1.54, 1.807) is 0 Å². The number of alkyl halides is 3. The van der Waals surface area contributed by atoms with Crippen LogP contribution in [0.2, 0.25) is 0 Å². The number of hydrogen-bond acceptors (Lipinski definition) is 2. The van der Waals surface area contributed by atoms with Gasteiger partial charge >= 0.3 is 6.18 Å². The van der Waals surface area contributed by atoms with Crippen LogP contribution in [0.5, 0.6) is 0 Å². The molecule has 0 atom stereocenters. The highest BCUT2D eigenvalue weighted by Crippen LogP contribution is 2.20. The van der Waals surface area contributed by atoms with Crippen molar-refractivity contribution in [3.05, 3.63) is 0 Å². The van der Waals surface area contributed by atoms with E-state index in [9.17, 15) is 13.2 Å². The Morgan fingerprint density at radius 2 is 1.57 bits per heavy atom. The van der Waals surface area contributed by atoms with Crippen LogP contribution in [0, 0.1) is 5.41 Å². The number of ether oxygens (including phenoxy) is 1. The van der Waals surface area contributed by atoms with Crippen LogP contribution in [0.4, 0.5) is 13.2 Å². The molecule has 2 N–H and O–H groups in total. The van der Waals surface area contributed by atoms with Crippen molar-refractivity contribution in [1.82, 2.24) is 0 Å². The van der Waals surface area contributed by atoms with Gasteiger partial charge in [-0.25, -0.2) is 0 Å². The fraction of sp³-hybridized carbons (Fsp3) is 1.00. The molecule has 0 aromatic carbocycles. The first kappa shape index (κ1) is 13.7. The number of halogens is 3. The molecule has 0 bridgehead atoms. The van der Waals surface area contributed by atoms with Gasteiger partial charge in [-0.2, -0.15) is 13.2 Å². The minimum Gasteiger partial charge on any atom is -0.381 e. The van der Waals surface area contributed by atoms with Crippen molar-refractivity contribution in [1.29, 1.82) is 0 Å². The summed E-state index contributed by atoms with van der Waals surface area (Å²) in [6, 6.07) is 0. The first-order chi connectivity index (χ1) is 6.27. The summed E-state index contributed by atoms with van der Waals surface area (Å²) in [5.41, 5.74) is 5.40. The summed E-state index contributed by atoms with van der Waals surface area (Å²) < 4.78 is 39.9. The Kier molecular flexibility index (Phi) is 5.44. The van der Waals surface area contributed by atoms with E-state index >= 15 is 0 Å². The van der Waals surface area contributed by atoms with Gasteiger partial charge in [0, 0.05) is 6.61 Å². The molecule has 0 heterocycles. The van der Waals surface area contributed by atoms with E-state index < -0.39 is 12.6 Å². The van der Waals surface area contributed by atoms with E-state index in [1.807, 2.05) is 13.8 Å². The Balaban J connectivity index is 3.39. The second kappa shape index (κ2) is 5.56. The molecule has 0 aliphatic heterocycles. The Morgan fingerprint density at radius 3 is 2.00 bits per heavy atom. The van der Waals surface area contributed by atoms with Crippen molar-refractivity contribution in [2.24, 2.45) is 11.1 Å². The SMILES string of the molecule is CC(C)(CN)CCOCCC(F)(F)F. The summed E-state index contributed by atoms with van der Waals surface area (Å²) in [6.07, 6.45) is -4.32. The second-order valence-corrected chi connectivity index (χ2v) is 4.10. The molecular formula is C9H18F3NO. The van der Waals surface area contributed by atoms with E-state index in [-0.39, 0.29) is 12.0 Å². The number of hydrogen-bond donors (Lipinski definition) is 1. The van der Waals surface area contributed by atoms with E-state index in [1.165, 1.54) is 0 Å². The van der Waals surface area contributed by atoms with Crippen molar-refractivity contribution < 1.29 is 17.9 Å². The van der Waals surface area contributed by atoms with Gasteiger partial charge in [0.05, 0.1) is 13.0 Å². The highest BCUT2D eigenvalue weighted by molar-refractivity contribution is 4.68. The zero-order valence-corrected chi connectivity index (χ0v) is 8.66. The van der Waals surface area contributed by atoms with E-state index in [0.29, 0.717) is 19.6 Å². The molecule has 14 heavy (non-hydrogen) atoms. The lowest BCUT2D eigenvalue weighted by molar-refractivity contribution is -0.145. The van der Waals surface area contributed by atoms with E-state index in [4.69, 9.17) is 10.5 Å². The third-order valence-corrected chi connectivity index (χ3v) is 2.01. The molecule has 0 aromatic rings. The molecule has 0 radical (unpaired) electrons. The lowest BCUT2D eigenvalue weighted by atomic mass is 9.90. The molecule has 2 nitrogen and oxygen atoms in total. The average molecular weight is 213 g/mol. The Morgan fingerprint density at radius 1 is 1.07 bits per heavy atom. The van der Waals surface area contributed by atoms with Crippen LogP contribution < -0.4 is 5.73 Å². The summed E-state index contributed by atoms with van der Waals surface area (Å²) in [6.45, 7) is 4.50. The zero-order chi connectivity index (χ0) is 11.2. The van der Waals surface area contributed by atoms with Crippen LogP contribution in [0.1, 0.15) is 26.7 Å². The Hall–Kier alpha value is -0.290. The zero-order valence-electron chi connectivity index (χ0n) is 8.66. The predicted octanol–water partition coefficient (Wildman–Crippen LogP) is 2.33. The van der Waals surface area contributed by atoms with Gasteiger partial charge in [-0.15, -0.1) is 0 Å². The van der Waals surface area contributed by atoms with Gasteiger partial charge < -0.3 is 10.5 Å². The molecule has 0 rings (SSSR count). The van der Waals surface area contributed by atoms with Gasteiger partial charge in [0.2, 0.25) is 0 Å². The lowest BCUT2D eigenvalue weighted by Gasteiger charge is -2.21. The van der Waals surface area contributed by atoms with Gasteiger partial charge in [0.15, 0.2) is 0 Å². The van der Waals surface area contributed by atoms with Crippen LogP contribution in [0.3, 0.4) is 0 Å². The first-order valence-electron chi connectivity index (χ1n) is 4.61. The number of nitrogens with two attached hydrogens (primary N) is 1. The van der Waals surface area contributed by atoms with Crippen LogP contribution >= 0.6 is 0 Å². The van der Waals surface area contributed by atoms with Crippen molar-refractivity contribution in [2.75, 3.05) is 19.8 Å². The van der Waals surface area contributed by atoms with Gasteiger partial charge in [-0.05, 0) is 18.4 Å². The topological polar surface area (TPSA) is 35.2 Å². The second-order valence-electron chi connectivity index (χ2n) is 4.10. The molecule has 0 fully saturated rings.